The summed E-state index contributed by atoms with van der Waals surface area (Å²) in [5.41, 5.74) is 0.954. The van der Waals surface area contributed by atoms with E-state index in [1.54, 1.807) is 26.0 Å². The Kier molecular flexibility index (Phi) is 5.32. The Morgan fingerprint density at radius 1 is 1.30 bits per heavy atom. The highest BCUT2D eigenvalue weighted by molar-refractivity contribution is 7.90. The fourth-order valence-corrected chi connectivity index (χ4v) is 3.72. The molecule has 124 valence electrons. The van der Waals surface area contributed by atoms with Gasteiger partial charge in [-0.05, 0) is 32.9 Å². The number of esters is 1. The van der Waals surface area contributed by atoms with Crippen LogP contribution in [0.5, 0.6) is 0 Å². The molecule has 1 heterocycles. The van der Waals surface area contributed by atoms with Gasteiger partial charge >= 0.3 is 5.97 Å². The van der Waals surface area contributed by atoms with Gasteiger partial charge in [0.25, 0.3) is 10.0 Å². The number of aromatic nitrogens is 2. The molecular formula is C14H17N3O4S2. The Labute approximate surface area is 138 Å². The predicted molar refractivity (Wildman–Crippen MR) is 85.4 cm³/mol. The summed E-state index contributed by atoms with van der Waals surface area (Å²) in [5.74, 6) is -0.494. The quantitative estimate of drug-likeness (QED) is 0.757. The number of benzene rings is 1. The number of sulfonamides is 1. The van der Waals surface area contributed by atoms with E-state index in [0.717, 1.165) is 16.9 Å². The average molecular weight is 355 g/mol. The van der Waals surface area contributed by atoms with Gasteiger partial charge in [-0.3, -0.25) is 4.79 Å². The van der Waals surface area contributed by atoms with Gasteiger partial charge in [-0.25, -0.2) is 4.68 Å². The van der Waals surface area contributed by atoms with Crippen molar-refractivity contribution in [1.29, 1.82) is 0 Å². The van der Waals surface area contributed by atoms with Crippen LogP contribution in [0.4, 0.5) is 0 Å². The predicted octanol–water partition coefficient (Wildman–Crippen LogP) is 1.41. The van der Waals surface area contributed by atoms with Crippen LogP contribution in [0, 0.1) is 13.8 Å². The van der Waals surface area contributed by atoms with Gasteiger partial charge in [-0.15, -0.1) is 4.40 Å². The Balaban J connectivity index is 2.42. The van der Waals surface area contributed by atoms with E-state index in [2.05, 4.69) is 9.50 Å². The van der Waals surface area contributed by atoms with Crippen LogP contribution >= 0.6 is 11.3 Å². The highest BCUT2D eigenvalue weighted by atomic mass is 32.2. The third-order valence-corrected chi connectivity index (χ3v) is 5.08. The van der Waals surface area contributed by atoms with Crippen molar-refractivity contribution in [2.45, 2.75) is 32.2 Å². The minimum atomic E-state index is -3.86. The van der Waals surface area contributed by atoms with Gasteiger partial charge in [0.05, 0.1) is 11.5 Å². The molecule has 0 saturated carbocycles. The maximum absolute atomic E-state index is 12.4. The molecule has 0 bridgehead atoms. The van der Waals surface area contributed by atoms with Crippen molar-refractivity contribution < 1.29 is 17.9 Å². The van der Waals surface area contributed by atoms with Crippen LogP contribution in [0.3, 0.4) is 0 Å². The number of carbonyl (C=O) groups is 1. The summed E-state index contributed by atoms with van der Waals surface area (Å²) < 4.78 is 34.6. The van der Waals surface area contributed by atoms with E-state index in [0.29, 0.717) is 5.01 Å². The molecule has 0 saturated heterocycles. The van der Waals surface area contributed by atoms with Crippen LogP contribution in [0.25, 0.3) is 0 Å². The second-order valence-electron chi connectivity index (χ2n) is 4.75. The fraction of sp³-hybridized carbons (Fsp3) is 0.357. The molecule has 9 heteroatoms. The second-order valence-corrected chi connectivity index (χ2v) is 7.51. The van der Waals surface area contributed by atoms with E-state index in [-0.39, 0.29) is 22.8 Å². The molecule has 7 nitrogen and oxygen atoms in total. The Hall–Kier alpha value is -2.00. The Bertz CT molecular complexity index is 864. The molecule has 1 aromatic carbocycles. The summed E-state index contributed by atoms with van der Waals surface area (Å²) in [6, 6.07) is 6.40. The molecule has 0 spiro atoms. The van der Waals surface area contributed by atoms with Gasteiger partial charge in [-0.2, -0.15) is 13.5 Å². The number of hydrogen-bond donors (Lipinski definition) is 0. The van der Waals surface area contributed by atoms with Crippen LogP contribution in [-0.2, 0) is 26.1 Å². The Morgan fingerprint density at radius 2 is 1.96 bits per heavy atom. The molecular weight excluding hydrogens is 338 g/mol. The average Bonchev–Trinajstić information content (AvgIpc) is 2.78. The zero-order valence-corrected chi connectivity index (χ0v) is 14.6. The maximum atomic E-state index is 12.4. The molecule has 23 heavy (non-hydrogen) atoms. The van der Waals surface area contributed by atoms with Crippen molar-refractivity contribution in [2.24, 2.45) is 4.40 Å². The molecule has 0 atom stereocenters. The fourth-order valence-electron chi connectivity index (χ4n) is 1.78. The third-order valence-electron chi connectivity index (χ3n) is 2.82. The molecule has 0 aliphatic heterocycles. The topological polar surface area (TPSA) is 90.6 Å². The molecule has 0 fully saturated rings. The summed E-state index contributed by atoms with van der Waals surface area (Å²) in [6.07, 6.45) is 0. The van der Waals surface area contributed by atoms with Crippen molar-refractivity contribution in [3.05, 3.63) is 39.6 Å². The first kappa shape index (κ1) is 17.4. The summed E-state index contributed by atoms with van der Waals surface area (Å²) >= 11 is 1.10. The number of aryl methyl sites for hydroxylation is 2. The first-order valence-corrected chi connectivity index (χ1v) is 9.15. The zero-order valence-electron chi connectivity index (χ0n) is 13.0. The largest absolute Gasteiger partial charge is 0.465 e. The maximum Gasteiger partial charge on any atom is 0.327 e. The first-order chi connectivity index (χ1) is 10.8. The van der Waals surface area contributed by atoms with Crippen molar-refractivity contribution >= 4 is 27.3 Å². The molecule has 0 aliphatic rings. The smallest absolute Gasteiger partial charge is 0.327 e. The van der Waals surface area contributed by atoms with E-state index in [9.17, 15) is 13.2 Å². The summed E-state index contributed by atoms with van der Waals surface area (Å²) in [6.45, 7) is 5.34. The van der Waals surface area contributed by atoms with Crippen LogP contribution < -0.4 is 4.80 Å². The summed E-state index contributed by atoms with van der Waals surface area (Å²) in [4.78, 5) is 11.8. The van der Waals surface area contributed by atoms with Crippen molar-refractivity contribution in [1.82, 2.24) is 9.78 Å². The number of ether oxygens (including phenoxy) is 1. The van der Waals surface area contributed by atoms with Crippen molar-refractivity contribution in [3.63, 3.8) is 0 Å². The molecule has 0 aliphatic carbocycles. The number of rotatable bonds is 5. The lowest BCUT2D eigenvalue weighted by Crippen LogP contribution is -2.24. The monoisotopic (exact) mass is 355 g/mol. The molecule has 0 unspecified atom stereocenters. The van der Waals surface area contributed by atoms with Crippen LogP contribution in [0.1, 0.15) is 17.5 Å². The van der Waals surface area contributed by atoms with Gasteiger partial charge in [0.1, 0.15) is 11.6 Å². The SMILES string of the molecule is CCOC(=O)Cn1nc(C)s/c1=N/S(=O)(=O)c1ccc(C)cc1. The van der Waals surface area contributed by atoms with Gasteiger partial charge in [0.2, 0.25) is 4.80 Å². The highest BCUT2D eigenvalue weighted by Crippen LogP contribution is 2.12. The lowest BCUT2D eigenvalue weighted by atomic mass is 10.2. The van der Waals surface area contributed by atoms with Gasteiger partial charge in [0, 0.05) is 0 Å². The summed E-state index contributed by atoms with van der Waals surface area (Å²) in [5, 5.41) is 4.70. The number of nitrogens with zero attached hydrogens (tertiary/aromatic N) is 3. The van der Waals surface area contributed by atoms with Crippen LogP contribution in [0.2, 0.25) is 0 Å². The zero-order chi connectivity index (χ0) is 17.0. The van der Waals surface area contributed by atoms with Crippen molar-refractivity contribution in [2.75, 3.05) is 6.61 Å². The second kappa shape index (κ2) is 7.05. The van der Waals surface area contributed by atoms with Crippen molar-refractivity contribution in [3.8, 4) is 0 Å². The minimum Gasteiger partial charge on any atom is -0.465 e. The minimum absolute atomic E-state index is 0.0943. The molecule has 2 aromatic rings. The number of hydrogen-bond acceptors (Lipinski definition) is 6. The van der Waals surface area contributed by atoms with E-state index >= 15 is 0 Å². The standard InChI is InChI=1S/C14H17N3O4S2/c1-4-21-13(18)9-17-14(22-11(3)15-17)16-23(19,20)12-7-5-10(2)6-8-12/h5-8H,4,9H2,1-3H3/b16-14+. The Morgan fingerprint density at radius 3 is 2.57 bits per heavy atom. The molecule has 0 amide bonds. The van der Waals surface area contributed by atoms with Gasteiger partial charge in [0.15, 0.2) is 0 Å². The molecule has 0 N–H and O–H groups in total. The lowest BCUT2D eigenvalue weighted by Gasteiger charge is -2.02. The van der Waals surface area contributed by atoms with E-state index in [4.69, 9.17) is 4.74 Å². The lowest BCUT2D eigenvalue weighted by molar-refractivity contribution is -0.144. The summed E-state index contributed by atoms with van der Waals surface area (Å²) in [7, 11) is -3.86. The van der Waals surface area contributed by atoms with E-state index in [1.165, 1.54) is 16.8 Å². The van der Waals surface area contributed by atoms with E-state index < -0.39 is 16.0 Å². The molecule has 1 aromatic heterocycles. The normalized spacial score (nSPS) is 12.4. The van der Waals surface area contributed by atoms with E-state index in [1.807, 2.05) is 6.92 Å². The third kappa shape index (κ3) is 4.49. The number of carbonyl (C=O) groups excluding carboxylic acids is 1. The van der Waals surface area contributed by atoms with Crippen LogP contribution in [0.15, 0.2) is 33.6 Å². The molecule has 2 rings (SSSR count). The van der Waals surface area contributed by atoms with Crippen LogP contribution in [-0.4, -0.2) is 30.8 Å². The first-order valence-electron chi connectivity index (χ1n) is 6.89. The highest BCUT2D eigenvalue weighted by Gasteiger charge is 2.15. The van der Waals surface area contributed by atoms with Gasteiger partial charge < -0.3 is 4.74 Å². The van der Waals surface area contributed by atoms with Gasteiger partial charge in [-0.1, -0.05) is 29.0 Å². The molecule has 0 radical (unpaired) electrons.